The third-order valence-corrected chi connectivity index (χ3v) is 5.51. The maximum Gasteiger partial charge on any atom is 0.330 e. The molecule has 5 heterocycles. The number of hydrogen-bond acceptors (Lipinski definition) is 6. The van der Waals surface area contributed by atoms with Crippen molar-refractivity contribution in [3.8, 4) is 17.6 Å². The Bertz CT molecular complexity index is 1340. The number of aromatic amines is 1. The Labute approximate surface area is 170 Å². The van der Waals surface area contributed by atoms with Gasteiger partial charge in [-0.25, -0.2) is 19.7 Å². The number of aliphatic hydroxyl groups is 1. The number of aliphatic hydroxyl groups excluding tert-OH is 1. The van der Waals surface area contributed by atoms with Gasteiger partial charge in [-0.3, -0.25) is 9.13 Å². The van der Waals surface area contributed by atoms with Crippen LogP contribution in [0.4, 0.5) is 0 Å². The van der Waals surface area contributed by atoms with Crippen molar-refractivity contribution in [2.75, 3.05) is 19.8 Å². The molecule has 152 valence electrons. The lowest BCUT2D eigenvalue weighted by atomic mass is 10.1. The van der Waals surface area contributed by atoms with E-state index in [9.17, 15) is 15.2 Å². The Morgan fingerprint density at radius 2 is 2.20 bits per heavy atom. The van der Waals surface area contributed by atoms with Crippen LogP contribution < -0.4 is 10.1 Å². The Morgan fingerprint density at radius 1 is 1.37 bits per heavy atom. The highest BCUT2D eigenvalue weighted by atomic mass is 16.5. The minimum atomic E-state index is -0.198. The molecule has 0 saturated carbocycles. The van der Waals surface area contributed by atoms with Crippen LogP contribution in [0.2, 0.25) is 0 Å². The molecule has 5 rings (SSSR count). The third-order valence-electron chi connectivity index (χ3n) is 5.51. The Kier molecular flexibility index (Phi) is 4.54. The van der Waals surface area contributed by atoms with Gasteiger partial charge in [0.15, 0.2) is 5.65 Å². The maximum absolute atomic E-state index is 13.1. The number of imidazole rings is 2. The van der Waals surface area contributed by atoms with Gasteiger partial charge in [0.2, 0.25) is 11.5 Å². The molecule has 2 N–H and O–H groups in total. The SMILES string of the molecule is N#Cc1ccc2[nH]cc(-c3ncc4c(n3)n(C3CCOCC3)c(=O)n4CCO)[n+]2c1. The molecular formula is C20H20N7O3+. The van der Waals surface area contributed by atoms with Gasteiger partial charge in [0.25, 0.3) is 5.65 Å². The summed E-state index contributed by atoms with van der Waals surface area (Å²) in [6.45, 7) is 1.22. The van der Waals surface area contributed by atoms with Crippen LogP contribution in [0.1, 0.15) is 24.4 Å². The molecular weight excluding hydrogens is 386 g/mol. The molecule has 0 spiro atoms. The molecule has 1 fully saturated rings. The van der Waals surface area contributed by atoms with Crippen LogP contribution in [0.5, 0.6) is 0 Å². The number of fused-ring (bicyclic) bond motifs is 2. The monoisotopic (exact) mass is 406 g/mol. The zero-order chi connectivity index (χ0) is 20.7. The fraction of sp³-hybridized carbons (Fsp3) is 0.350. The van der Waals surface area contributed by atoms with Gasteiger partial charge in [-0.05, 0) is 18.9 Å². The number of ether oxygens (including phenoxy) is 1. The van der Waals surface area contributed by atoms with Gasteiger partial charge in [0.1, 0.15) is 24.0 Å². The molecule has 0 aromatic carbocycles. The molecule has 10 nitrogen and oxygen atoms in total. The molecule has 0 unspecified atom stereocenters. The van der Waals surface area contributed by atoms with Crippen molar-refractivity contribution >= 4 is 16.8 Å². The molecule has 1 aliphatic rings. The second kappa shape index (κ2) is 7.37. The van der Waals surface area contributed by atoms with Crippen LogP contribution >= 0.6 is 0 Å². The first-order valence-corrected chi connectivity index (χ1v) is 9.81. The minimum Gasteiger partial charge on any atom is -0.395 e. The van der Waals surface area contributed by atoms with Crippen LogP contribution in [0, 0.1) is 11.3 Å². The smallest absolute Gasteiger partial charge is 0.330 e. The Morgan fingerprint density at radius 3 is 2.97 bits per heavy atom. The molecule has 1 saturated heterocycles. The van der Waals surface area contributed by atoms with Gasteiger partial charge >= 0.3 is 5.69 Å². The molecule has 4 aromatic rings. The van der Waals surface area contributed by atoms with E-state index in [1.165, 1.54) is 4.57 Å². The minimum absolute atomic E-state index is 0.0164. The van der Waals surface area contributed by atoms with Crippen molar-refractivity contribution in [1.82, 2.24) is 24.1 Å². The zero-order valence-corrected chi connectivity index (χ0v) is 16.2. The number of H-pyrrole nitrogens is 1. The average Bonchev–Trinajstić information content (AvgIpc) is 3.32. The highest BCUT2D eigenvalue weighted by Crippen LogP contribution is 2.24. The molecule has 0 bridgehead atoms. The first kappa shape index (κ1) is 18.5. The lowest BCUT2D eigenvalue weighted by molar-refractivity contribution is -0.498. The van der Waals surface area contributed by atoms with E-state index in [0.717, 1.165) is 18.5 Å². The summed E-state index contributed by atoms with van der Waals surface area (Å²) in [6.07, 6.45) is 6.57. The molecule has 0 atom stereocenters. The van der Waals surface area contributed by atoms with Gasteiger partial charge in [-0.2, -0.15) is 9.66 Å². The quantitative estimate of drug-likeness (QED) is 0.477. The van der Waals surface area contributed by atoms with Crippen molar-refractivity contribution in [3.63, 3.8) is 0 Å². The Hall–Kier alpha value is -3.55. The number of nitrogens with zero attached hydrogens (tertiary/aromatic N) is 6. The average molecular weight is 406 g/mol. The first-order chi connectivity index (χ1) is 14.7. The van der Waals surface area contributed by atoms with Crippen LogP contribution in [0.25, 0.3) is 28.3 Å². The van der Waals surface area contributed by atoms with E-state index >= 15 is 0 Å². The van der Waals surface area contributed by atoms with Crippen LogP contribution in [-0.2, 0) is 11.3 Å². The van der Waals surface area contributed by atoms with Gasteiger partial charge in [0, 0.05) is 25.3 Å². The molecule has 0 radical (unpaired) electrons. The second-order valence-electron chi connectivity index (χ2n) is 7.23. The number of nitriles is 1. The van der Waals surface area contributed by atoms with Crippen molar-refractivity contribution in [3.05, 3.63) is 46.8 Å². The third kappa shape index (κ3) is 2.87. The van der Waals surface area contributed by atoms with Gasteiger partial charge in [-0.1, -0.05) is 0 Å². The Balaban J connectivity index is 1.72. The van der Waals surface area contributed by atoms with Crippen LogP contribution in [-0.4, -0.2) is 49.0 Å². The molecule has 1 aliphatic heterocycles. The van der Waals surface area contributed by atoms with Gasteiger partial charge in [0.05, 0.1) is 24.9 Å². The molecule has 30 heavy (non-hydrogen) atoms. The standard InChI is InChI=1S/C20H19N7O3/c21-9-13-1-2-17-22-10-15(26(17)12-13)18-23-11-16-19(24-18)27(14-3-7-30-8-4-14)20(29)25(16)5-6-28/h1-2,10-12,14,28H,3-8H2/p+1. The summed E-state index contributed by atoms with van der Waals surface area (Å²) in [5, 5.41) is 18.7. The van der Waals surface area contributed by atoms with Crippen molar-refractivity contribution < 1.29 is 14.2 Å². The van der Waals surface area contributed by atoms with E-state index in [1.54, 1.807) is 29.2 Å². The lowest BCUT2D eigenvalue weighted by Crippen LogP contribution is -2.31. The second-order valence-corrected chi connectivity index (χ2v) is 7.23. The van der Waals surface area contributed by atoms with E-state index in [4.69, 9.17) is 9.72 Å². The summed E-state index contributed by atoms with van der Waals surface area (Å²) in [7, 11) is 0. The summed E-state index contributed by atoms with van der Waals surface area (Å²) in [6, 6.07) is 5.67. The summed E-state index contributed by atoms with van der Waals surface area (Å²) in [5.74, 6) is 0.441. The number of hydrogen-bond donors (Lipinski definition) is 2. The molecule has 0 aliphatic carbocycles. The number of rotatable bonds is 4. The van der Waals surface area contributed by atoms with E-state index in [2.05, 4.69) is 16.0 Å². The first-order valence-electron chi connectivity index (χ1n) is 9.81. The predicted octanol–water partition coefficient (Wildman–Crippen LogP) is 0.542. The zero-order valence-electron chi connectivity index (χ0n) is 16.2. The van der Waals surface area contributed by atoms with Gasteiger partial charge < -0.3 is 9.84 Å². The number of pyridine rings is 1. The van der Waals surface area contributed by atoms with Crippen molar-refractivity contribution in [2.45, 2.75) is 25.4 Å². The topological polar surface area (TPSA) is 126 Å². The summed E-state index contributed by atoms with van der Waals surface area (Å²) < 4.78 is 10.5. The summed E-state index contributed by atoms with van der Waals surface area (Å²) in [4.78, 5) is 25.5. The fourth-order valence-electron chi connectivity index (χ4n) is 4.04. The normalized spacial score (nSPS) is 15.1. The largest absolute Gasteiger partial charge is 0.395 e. The van der Waals surface area contributed by atoms with E-state index in [0.29, 0.717) is 41.5 Å². The van der Waals surface area contributed by atoms with E-state index in [-0.39, 0.29) is 24.9 Å². The molecule has 10 heteroatoms. The van der Waals surface area contributed by atoms with Crippen molar-refractivity contribution in [2.24, 2.45) is 0 Å². The predicted molar refractivity (Wildman–Crippen MR) is 106 cm³/mol. The lowest BCUT2D eigenvalue weighted by Gasteiger charge is -2.22. The van der Waals surface area contributed by atoms with Crippen molar-refractivity contribution in [1.29, 1.82) is 5.26 Å². The highest BCUT2D eigenvalue weighted by Gasteiger charge is 2.25. The number of nitrogens with one attached hydrogen (secondary N) is 1. The van der Waals surface area contributed by atoms with E-state index in [1.807, 2.05) is 10.5 Å². The maximum atomic E-state index is 13.1. The summed E-state index contributed by atoms with van der Waals surface area (Å²) in [5.41, 5.74) is 2.93. The molecule has 0 amide bonds. The molecule has 4 aromatic heterocycles. The van der Waals surface area contributed by atoms with Gasteiger partial charge in [-0.15, -0.1) is 0 Å². The van der Waals surface area contributed by atoms with Crippen LogP contribution in [0.3, 0.4) is 0 Å². The van der Waals surface area contributed by atoms with E-state index < -0.39 is 0 Å². The van der Waals surface area contributed by atoms with Crippen LogP contribution in [0.15, 0.2) is 35.5 Å². The fourth-order valence-corrected chi connectivity index (χ4v) is 4.04. The summed E-state index contributed by atoms with van der Waals surface area (Å²) >= 11 is 0. The number of aromatic nitrogens is 6. The highest BCUT2D eigenvalue weighted by molar-refractivity contribution is 5.73.